The number of rotatable bonds is 3. The Morgan fingerprint density at radius 1 is 1.19 bits per heavy atom. The van der Waals surface area contributed by atoms with Gasteiger partial charge in [-0.05, 0) is 31.7 Å². The van der Waals surface area contributed by atoms with Crippen LogP contribution in [-0.2, 0) is 17.6 Å². The summed E-state index contributed by atoms with van der Waals surface area (Å²) in [7, 11) is 0. The van der Waals surface area contributed by atoms with Gasteiger partial charge < -0.3 is 15.2 Å². The summed E-state index contributed by atoms with van der Waals surface area (Å²) in [5, 5.41) is 4.57. The van der Waals surface area contributed by atoms with Gasteiger partial charge in [-0.2, -0.15) is 0 Å². The van der Waals surface area contributed by atoms with E-state index in [4.69, 9.17) is 0 Å². The Labute approximate surface area is 160 Å². The zero-order chi connectivity index (χ0) is 18.4. The van der Waals surface area contributed by atoms with E-state index in [1.807, 2.05) is 24.3 Å². The first-order valence-corrected chi connectivity index (χ1v) is 10.2. The first-order valence-electron chi connectivity index (χ1n) is 9.34. The zero-order valence-corrected chi connectivity index (χ0v) is 15.6. The Balaban J connectivity index is 1.22. The molecular formula is C20H20N4O2S. The quantitative estimate of drug-likeness (QED) is 0.732. The Morgan fingerprint density at radius 2 is 2.00 bits per heavy atom. The lowest BCUT2D eigenvalue weighted by Gasteiger charge is -2.37. The number of nitrogens with zero attached hydrogens (tertiary/aromatic N) is 2. The Bertz CT molecular complexity index is 1010. The van der Waals surface area contributed by atoms with Crippen LogP contribution in [0.3, 0.4) is 0 Å². The number of H-pyrrole nitrogens is 1. The third kappa shape index (κ3) is 2.92. The molecule has 2 amide bonds. The smallest absolute Gasteiger partial charge is 0.256 e. The van der Waals surface area contributed by atoms with Crippen LogP contribution in [0.2, 0.25) is 0 Å². The Kier molecular flexibility index (Phi) is 3.97. The van der Waals surface area contributed by atoms with Gasteiger partial charge in [0.15, 0.2) is 5.13 Å². The van der Waals surface area contributed by atoms with E-state index in [9.17, 15) is 9.59 Å². The maximum atomic E-state index is 12.7. The molecule has 0 radical (unpaired) electrons. The second-order valence-electron chi connectivity index (χ2n) is 7.24. The number of fused-ring (bicyclic) bond motifs is 2. The van der Waals surface area contributed by atoms with Crippen LogP contribution in [0.1, 0.15) is 33.8 Å². The van der Waals surface area contributed by atoms with Gasteiger partial charge in [0.1, 0.15) is 0 Å². The maximum absolute atomic E-state index is 12.7. The summed E-state index contributed by atoms with van der Waals surface area (Å²) in [4.78, 5) is 35.9. The molecule has 0 unspecified atom stereocenters. The van der Waals surface area contributed by atoms with E-state index in [1.54, 1.807) is 22.4 Å². The lowest BCUT2D eigenvalue weighted by molar-refractivity contribution is -0.123. The van der Waals surface area contributed by atoms with E-state index in [0.29, 0.717) is 23.8 Å². The highest BCUT2D eigenvalue weighted by Crippen LogP contribution is 2.30. The molecule has 0 saturated carbocycles. The number of nitrogens with one attached hydrogen (secondary N) is 2. The van der Waals surface area contributed by atoms with Crippen molar-refractivity contribution in [2.24, 2.45) is 5.92 Å². The van der Waals surface area contributed by atoms with Crippen LogP contribution in [0.15, 0.2) is 30.5 Å². The number of aromatic amines is 1. The van der Waals surface area contributed by atoms with Crippen molar-refractivity contribution in [3.8, 4) is 0 Å². The van der Waals surface area contributed by atoms with Crippen LogP contribution >= 0.6 is 11.3 Å². The van der Waals surface area contributed by atoms with Gasteiger partial charge in [-0.3, -0.25) is 9.59 Å². The van der Waals surface area contributed by atoms with Crippen molar-refractivity contribution in [3.05, 3.63) is 46.6 Å². The van der Waals surface area contributed by atoms with Crippen molar-refractivity contribution >= 4 is 39.2 Å². The topological polar surface area (TPSA) is 78.1 Å². The predicted octanol–water partition coefficient (Wildman–Crippen LogP) is 3.21. The first kappa shape index (κ1) is 16.5. The maximum Gasteiger partial charge on any atom is 0.256 e. The van der Waals surface area contributed by atoms with Gasteiger partial charge in [0.05, 0.1) is 17.2 Å². The van der Waals surface area contributed by atoms with Gasteiger partial charge in [0, 0.05) is 35.1 Å². The fourth-order valence-electron chi connectivity index (χ4n) is 3.84. The molecule has 5 rings (SSSR count). The molecule has 2 aliphatic rings. The highest BCUT2D eigenvalue weighted by molar-refractivity contribution is 7.15. The van der Waals surface area contributed by atoms with E-state index >= 15 is 0 Å². The number of carbonyl (C=O) groups is 2. The Morgan fingerprint density at radius 3 is 2.85 bits per heavy atom. The van der Waals surface area contributed by atoms with Crippen molar-refractivity contribution in [1.29, 1.82) is 0 Å². The number of carbonyl (C=O) groups excluding carboxylic acids is 2. The highest BCUT2D eigenvalue weighted by atomic mass is 32.1. The third-order valence-corrected chi connectivity index (χ3v) is 6.51. The van der Waals surface area contributed by atoms with Crippen molar-refractivity contribution < 1.29 is 9.59 Å². The van der Waals surface area contributed by atoms with E-state index < -0.39 is 0 Å². The van der Waals surface area contributed by atoms with Crippen LogP contribution in [0.5, 0.6) is 0 Å². The molecule has 1 aliphatic carbocycles. The SMILES string of the molecule is O=C(Nc1nc2c(s1)CCCC2)C1CN(C(=O)c2c[nH]c3ccccc23)C1. The average Bonchev–Trinajstić information content (AvgIpc) is 3.23. The molecule has 1 fully saturated rings. The largest absolute Gasteiger partial charge is 0.360 e. The van der Waals surface area contributed by atoms with Gasteiger partial charge >= 0.3 is 0 Å². The third-order valence-electron chi connectivity index (χ3n) is 5.44. The molecule has 27 heavy (non-hydrogen) atoms. The van der Waals surface area contributed by atoms with E-state index in [0.717, 1.165) is 29.4 Å². The molecule has 0 bridgehead atoms. The van der Waals surface area contributed by atoms with Crippen LogP contribution in [0, 0.1) is 5.92 Å². The summed E-state index contributed by atoms with van der Waals surface area (Å²) in [5.74, 6) is -0.231. The summed E-state index contributed by atoms with van der Waals surface area (Å²) in [6.07, 6.45) is 6.21. The van der Waals surface area contributed by atoms with E-state index in [2.05, 4.69) is 15.3 Å². The van der Waals surface area contributed by atoms with Gasteiger partial charge in [-0.25, -0.2) is 4.98 Å². The predicted molar refractivity (Wildman–Crippen MR) is 105 cm³/mol. The van der Waals surface area contributed by atoms with Crippen molar-refractivity contribution in [2.75, 3.05) is 18.4 Å². The first-order chi connectivity index (χ1) is 13.2. The molecule has 6 nitrogen and oxygen atoms in total. The highest BCUT2D eigenvalue weighted by Gasteiger charge is 2.37. The molecule has 0 spiro atoms. The number of hydrogen-bond acceptors (Lipinski definition) is 4. The number of aryl methyl sites for hydroxylation is 2. The molecule has 3 aromatic rings. The minimum absolute atomic E-state index is 0.0267. The van der Waals surface area contributed by atoms with E-state index in [1.165, 1.54) is 17.7 Å². The number of amides is 2. The monoisotopic (exact) mass is 380 g/mol. The number of likely N-dealkylation sites (tertiary alicyclic amines) is 1. The van der Waals surface area contributed by atoms with Gasteiger partial charge in [0.2, 0.25) is 5.91 Å². The molecule has 2 aromatic heterocycles. The molecule has 138 valence electrons. The minimum atomic E-state index is -0.167. The molecule has 1 aromatic carbocycles. The van der Waals surface area contributed by atoms with Gasteiger partial charge in [0.25, 0.3) is 5.91 Å². The summed E-state index contributed by atoms with van der Waals surface area (Å²) >= 11 is 1.59. The van der Waals surface area contributed by atoms with Crippen molar-refractivity contribution in [3.63, 3.8) is 0 Å². The number of aromatic nitrogens is 2. The van der Waals surface area contributed by atoms with Gasteiger partial charge in [-0.15, -0.1) is 11.3 Å². The van der Waals surface area contributed by atoms with Crippen LogP contribution < -0.4 is 5.32 Å². The number of para-hydroxylation sites is 1. The van der Waals surface area contributed by atoms with Crippen LogP contribution in [0.4, 0.5) is 5.13 Å². The molecule has 1 aliphatic heterocycles. The molecule has 2 N–H and O–H groups in total. The standard InChI is InChI=1S/C20H20N4O2S/c25-18(23-20-22-16-7-3-4-8-17(16)27-20)12-10-24(11-12)19(26)14-9-21-15-6-2-1-5-13(14)15/h1-2,5-6,9,12,21H,3-4,7-8,10-11H2,(H,22,23,25). The number of hydrogen-bond donors (Lipinski definition) is 2. The second-order valence-corrected chi connectivity index (χ2v) is 8.32. The summed E-state index contributed by atoms with van der Waals surface area (Å²) in [6, 6.07) is 7.75. The van der Waals surface area contributed by atoms with Crippen LogP contribution in [-0.4, -0.2) is 39.8 Å². The minimum Gasteiger partial charge on any atom is -0.360 e. The second kappa shape index (κ2) is 6.49. The summed E-state index contributed by atoms with van der Waals surface area (Å²) in [5.41, 5.74) is 2.76. The number of benzene rings is 1. The van der Waals surface area contributed by atoms with Crippen LogP contribution in [0.25, 0.3) is 10.9 Å². The normalized spacial score (nSPS) is 16.8. The molecule has 7 heteroatoms. The lowest BCUT2D eigenvalue weighted by atomic mass is 9.98. The molecule has 3 heterocycles. The number of anilines is 1. The van der Waals surface area contributed by atoms with E-state index in [-0.39, 0.29) is 17.7 Å². The van der Waals surface area contributed by atoms with Crippen molar-refractivity contribution in [2.45, 2.75) is 25.7 Å². The zero-order valence-electron chi connectivity index (χ0n) is 14.8. The average molecular weight is 380 g/mol. The van der Waals surface area contributed by atoms with Crippen molar-refractivity contribution in [1.82, 2.24) is 14.9 Å². The summed E-state index contributed by atoms with van der Waals surface area (Å²) < 4.78 is 0. The van der Waals surface area contributed by atoms with Gasteiger partial charge in [-0.1, -0.05) is 18.2 Å². The molecule has 1 saturated heterocycles. The summed E-state index contributed by atoms with van der Waals surface area (Å²) in [6.45, 7) is 0.907. The molecule has 0 atom stereocenters. The fourth-order valence-corrected chi connectivity index (χ4v) is 4.89. The Hall–Kier alpha value is -2.67. The lowest BCUT2D eigenvalue weighted by Crippen LogP contribution is -2.54. The fraction of sp³-hybridized carbons (Fsp3) is 0.350. The number of thiazole rings is 1. The molecular weight excluding hydrogens is 360 g/mol.